The van der Waals surface area contributed by atoms with Gasteiger partial charge in [-0.3, -0.25) is 15.0 Å². The first-order valence-electron chi connectivity index (χ1n) is 4.54. The average molecular weight is 281 g/mol. The molecule has 0 N–H and O–H groups in total. The summed E-state index contributed by atoms with van der Waals surface area (Å²) in [7, 11) is 1.15. The molecule has 104 valence electrons. The topological polar surface area (TPSA) is 87.9 Å². The first-order chi connectivity index (χ1) is 8.75. The van der Waals surface area contributed by atoms with Crippen LogP contribution in [0.25, 0.3) is 0 Å². The van der Waals surface area contributed by atoms with Crippen molar-refractivity contribution in [2.45, 2.75) is 6.18 Å². The monoisotopic (exact) mass is 281 g/mol. The molecule has 7 nitrogen and oxygen atoms in total. The van der Waals surface area contributed by atoms with Gasteiger partial charge in [0.1, 0.15) is 0 Å². The molecule has 0 saturated heterocycles. The fraction of sp³-hybridized carbons (Fsp3) is 0.222. The molecule has 0 spiro atoms. The van der Waals surface area contributed by atoms with Gasteiger partial charge in [-0.15, -0.1) is 0 Å². The number of methoxy groups -OCH3 is 1. The fourth-order valence-electron chi connectivity index (χ4n) is 0.974. The number of nitro groups is 1. The summed E-state index contributed by atoms with van der Waals surface area (Å²) in [4.78, 5) is 27.7. The van der Waals surface area contributed by atoms with Crippen LogP contribution in [0.5, 0.6) is 11.5 Å². The van der Waals surface area contributed by atoms with E-state index in [1.807, 2.05) is 0 Å². The van der Waals surface area contributed by atoms with Crippen molar-refractivity contribution in [3.8, 4) is 11.5 Å². The van der Waals surface area contributed by atoms with Crippen LogP contribution < -0.4 is 9.62 Å². The van der Waals surface area contributed by atoms with Gasteiger partial charge in [-0.1, -0.05) is 0 Å². The summed E-state index contributed by atoms with van der Waals surface area (Å²) >= 11 is 0. The molecule has 10 heteroatoms. The summed E-state index contributed by atoms with van der Waals surface area (Å²) in [6.45, 7) is 0. The van der Waals surface area contributed by atoms with E-state index >= 15 is 0 Å². The van der Waals surface area contributed by atoms with Crippen molar-refractivity contribution in [2.75, 3.05) is 7.11 Å². The number of hydrogen-bond acceptors (Lipinski definition) is 6. The Kier molecular flexibility index (Phi) is 4.14. The maximum atomic E-state index is 11.8. The van der Waals surface area contributed by atoms with E-state index in [0.717, 1.165) is 25.3 Å². The van der Waals surface area contributed by atoms with Gasteiger partial charge in [0.25, 0.3) is 5.69 Å². The Hall–Kier alpha value is -2.52. The minimum absolute atomic E-state index is 0.138. The number of halogens is 3. The largest absolute Gasteiger partial charge is 0.495 e. The second kappa shape index (κ2) is 5.42. The van der Waals surface area contributed by atoms with Crippen molar-refractivity contribution in [1.82, 2.24) is 0 Å². The predicted molar refractivity (Wildman–Crippen MR) is 52.4 cm³/mol. The van der Waals surface area contributed by atoms with E-state index < -0.39 is 28.5 Å². The SMILES string of the molecule is COc1ccc([N+](=O)[O-])cc1OOC(=O)C(F)(F)F. The van der Waals surface area contributed by atoms with E-state index in [1.54, 1.807) is 0 Å². The molecular formula is C9H6F3NO6. The Morgan fingerprint density at radius 1 is 1.32 bits per heavy atom. The summed E-state index contributed by atoms with van der Waals surface area (Å²) in [5, 5.41) is 10.5. The van der Waals surface area contributed by atoms with Gasteiger partial charge < -0.3 is 4.74 Å². The standard InChI is InChI=1S/C9H6F3NO6/c1-17-6-3-2-5(13(15)16)4-7(6)18-19-8(14)9(10,11)12/h2-4H,1H3. The lowest BCUT2D eigenvalue weighted by atomic mass is 10.3. The summed E-state index contributed by atoms with van der Waals surface area (Å²) in [6.07, 6.45) is -5.24. The molecular weight excluding hydrogens is 275 g/mol. The third-order valence-corrected chi connectivity index (χ3v) is 1.80. The van der Waals surface area contributed by atoms with Gasteiger partial charge in [-0.2, -0.15) is 13.2 Å². The molecule has 0 atom stereocenters. The zero-order chi connectivity index (χ0) is 14.6. The highest BCUT2D eigenvalue weighted by molar-refractivity contribution is 5.75. The second-order valence-electron chi connectivity index (χ2n) is 3.04. The zero-order valence-electron chi connectivity index (χ0n) is 9.26. The Labute approximate surface area is 103 Å². The highest BCUT2D eigenvalue weighted by Crippen LogP contribution is 2.31. The van der Waals surface area contributed by atoms with E-state index in [-0.39, 0.29) is 5.75 Å². The molecule has 1 aromatic rings. The molecule has 1 aromatic carbocycles. The average Bonchev–Trinajstić information content (AvgIpc) is 2.34. The smallest absolute Gasteiger partial charge is 0.493 e. The molecule has 0 saturated carbocycles. The van der Waals surface area contributed by atoms with Gasteiger partial charge >= 0.3 is 12.1 Å². The highest BCUT2D eigenvalue weighted by atomic mass is 19.4. The van der Waals surface area contributed by atoms with E-state index in [9.17, 15) is 28.1 Å². The first kappa shape index (κ1) is 14.5. The Morgan fingerprint density at radius 3 is 2.42 bits per heavy atom. The summed E-state index contributed by atoms with van der Waals surface area (Å²) < 4.78 is 40.2. The molecule has 1 rings (SSSR count). The molecule has 0 fully saturated rings. The van der Waals surface area contributed by atoms with Crippen molar-refractivity contribution in [3.63, 3.8) is 0 Å². The third kappa shape index (κ3) is 3.72. The van der Waals surface area contributed by atoms with Crippen molar-refractivity contribution in [2.24, 2.45) is 0 Å². The van der Waals surface area contributed by atoms with Crippen LogP contribution in [-0.4, -0.2) is 24.2 Å². The quantitative estimate of drug-likeness (QED) is 0.476. The number of nitrogens with zero attached hydrogens (tertiary/aromatic N) is 1. The Balaban J connectivity index is 2.90. The summed E-state index contributed by atoms with van der Waals surface area (Å²) in [6, 6.07) is 2.87. The first-order valence-corrected chi connectivity index (χ1v) is 4.54. The molecule has 0 aliphatic heterocycles. The second-order valence-corrected chi connectivity index (χ2v) is 3.04. The number of alkyl halides is 3. The normalized spacial score (nSPS) is 10.7. The highest BCUT2D eigenvalue weighted by Gasteiger charge is 2.43. The van der Waals surface area contributed by atoms with Crippen molar-refractivity contribution in [3.05, 3.63) is 28.3 Å². The van der Waals surface area contributed by atoms with Gasteiger partial charge in [-0.25, -0.2) is 9.68 Å². The molecule has 0 heterocycles. The van der Waals surface area contributed by atoms with Gasteiger partial charge in [0.05, 0.1) is 18.1 Å². The maximum absolute atomic E-state index is 11.8. The number of rotatable bonds is 4. The zero-order valence-corrected chi connectivity index (χ0v) is 9.26. The lowest BCUT2D eigenvalue weighted by Crippen LogP contribution is -2.26. The van der Waals surface area contributed by atoms with E-state index in [0.29, 0.717) is 0 Å². The van der Waals surface area contributed by atoms with Gasteiger partial charge in [-0.05, 0) is 6.07 Å². The summed E-state index contributed by atoms with van der Waals surface area (Å²) in [5.74, 6) is -3.27. The number of hydrogen-bond donors (Lipinski definition) is 0. The number of carbonyl (C=O) groups excluding carboxylic acids is 1. The molecule has 0 aliphatic rings. The van der Waals surface area contributed by atoms with Crippen LogP contribution in [0.3, 0.4) is 0 Å². The number of nitro benzene ring substituents is 1. The van der Waals surface area contributed by atoms with Crippen LogP contribution in [0.15, 0.2) is 18.2 Å². The molecule has 0 bridgehead atoms. The van der Waals surface area contributed by atoms with Crippen LogP contribution >= 0.6 is 0 Å². The van der Waals surface area contributed by atoms with Crippen LogP contribution in [0.1, 0.15) is 0 Å². The van der Waals surface area contributed by atoms with Crippen LogP contribution in [-0.2, 0) is 9.68 Å². The lowest BCUT2D eigenvalue weighted by molar-refractivity contribution is -0.385. The summed E-state index contributed by atoms with van der Waals surface area (Å²) in [5.41, 5.74) is -0.473. The molecule has 19 heavy (non-hydrogen) atoms. The third-order valence-electron chi connectivity index (χ3n) is 1.80. The van der Waals surface area contributed by atoms with Gasteiger partial charge in [0.15, 0.2) is 5.75 Å². The minimum atomic E-state index is -5.24. The minimum Gasteiger partial charge on any atom is -0.493 e. The molecule has 0 radical (unpaired) electrons. The van der Waals surface area contributed by atoms with Crippen molar-refractivity contribution in [1.29, 1.82) is 0 Å². The van der Waals surface area contributed by atoms with Crippen LogP contribution in [0.2, 0.25) is 0 Å². The van der Waals surface area contributed by atoms with Crippen LogP contribution in [0, 0.1) is 10.1 Å². The van der Waals surface area contributed by atoms with Gasteiger partial charge in [0.2, 0.25) is 5.75 Å². The molecule has 0 aromatic heterocycles. The Morgan fingerprint density at radius 2 is 1.95 bits per heavy atom. The fourth-order valence-corrected chi connectivity index (χ4v) is 0.974. The predicted octanol–water partition coefficient (Wildman–Crippen LogP) is 2.00. The van der Waals surface area contributed by atoms with E-state index in [1.165, 1.54) is 0 Å². The number of non-ortho nitro benzene ring substituents is 1. The van der Waals surface area contributed by atoms with Crippen molar-refractivity contribution < 1.29 is 37.4 Å². The molecule has 0 unspecified atom stereocenters. The molecule has 0 aliphatic carbocycles. The number of benzene rings is 1. The Bertz CT molecular complexity index is 501. The number of carbonyl (C=O) groups is 1. The number of ether oxygens (including phenoxy) is 1. The maximum Gasteiger partial charge on any atom is 0.495 e. The van der Waals surface area contributed by atoms with Crippen LogP contribution in [0.4, 0.5) is 18.9 Å². The molecule has 0 amide bonds. The van der Waals surface area contributed by atoms with Gasteiger partial charge in [0, 0.05) is 6.07 Å². The lowest BCUT2D eigenvalue weighted by Gasteiger charge is -2.09. The van der Waals surface area contributed by atoms with E-state index in [4.69, 9.17) is 0 Å². The van der Waals surface area contributed by atoms with Crippen molar-refractivity contribution >= 4 is 11.7 Å². The van der Waals surface area contributed by atoms with E-state index in [2.05, 4.69) is 14.5 Å².